The molecule has 0 saturated carbocycles. The van der Waals surface area contributed by atoms with Gasteiger partial charge in [-0.2, -0.15) is 0 Å². The number of imide groups is 1. The van der Waals surface area contributed by atoms with E-state index in [0.29, 0.717) is 32.0 Å². The lowest BCUT2D eigenvalue weighted by atomic mass is 10.1. The van der Waals surface area contributed by atoms with Crippen molar-refractivity contribution >= 4 is 29.1 Å². The van der Waals surface area contributed by atoms with Crippen molar-refractivity contribution in [3.63, 3.8) is 0 Å². The number of nitrogens with zero attached hydrogens (tertiary/aromatic N) is 2. The van der Waals surface area contributed by atoms with Crippen LogP contribution in [0.3, 0.4) is 0 Å². The first kappa shape index (κ1) is 15.1. The Morgan fingerprint density at radius 1 is 1.05 bits per heavy atom. The molecule has 1 fully saturated rings. The van der Waals surface area contributed by atoms with Crippen molar-refractivity contribution in [2.24, 2.45) is 0 Å². The fourth-order valence-electron chi connectivity index (χ4n) is 2.91. The first-order valence-electron chi connectivity index (χ1n) is 7.20. The van der Waals surface area contributed by atoms with Crippen molar-refractivity contribution in [1.29, 1.82) is 0 Å². The molecule has 22 heavy (non-hydrogen) atoms. The Morgan fingerprint density at radius 3 is 2.23 bits per heavy atom. The minimum absolute atomic E-state index is 0.00504. The van der Waals surface area contributed by atoms with E-state index in [9.17, 15) is 9.59 Å². The molecule has 0 N–H and O–H groups in total. The lowest BCUT2D eigenvalue weighted by molar-refractivity contribution is -0.121. The van der Waals surface area contributed by atoms with Crippen molar-refractivity contribution in [1.82, 2.24) is 4.90 Å². The van der Waals surface area contributed by atoms with Gasteiger partial charge >= 0.3 is 0 Å². The largest absolute Gasteiger partial charge is 0.378 e. The van der Waals surface area contributed by atoms with E-state index in [2.05, 4.69) is 0 Å². The van der Waals surface area contributed by atoms with Crippen molar-refractivity contribution in [3.05, 3.63) is 40.1 Å². The van der Waals surface area contributed by atoms with Gasteiger partial charge < -0.3 is 9.64 Å². The van der Waals surface area contributed by atoms with E-state index in [1.165, 1.54) is 4.90 Å². The molecule has 2 amide bonds. The number of aryl methyl sites for hydroxylation is 2. The van der Waals surface area contributed by atoms with Gasteiger partial charge in [0.15, 0.2) is 0 Å². The van der Waals surface area contributed by atoms with Gasteiger partial charge in [0.25, 0.3) is 11.8 Å². The van der Waals surface area contributed by atoms with Gasteiger partial charge in [0, 0.05) is 13.1 Å². The third-order valence-corrected chi connectivity index (χ3v) is 4.34. The van der Waals surface area contributed by atoms with Crippen LogP contribution >= 0.6 is 11.6 Å². The van der Waals surface area contributed by atoms with Crippen LogP contribution in [0.15, 0.2) is 28.9 Å². The number of carbonyl (C=O) groups is 2. The highest BCUT2D eigenvalue weighted by atomic mass is 35.5. The summed E-state index contributed by atoms with van der Waals surface area (Å²) in [5.41, 5.74) is 2.65. The Labute approximate surface area is 134 Å². The quantitative estimate of drug-likeness (QED) is 0.782. The van der Waals surface area contributed by atoms with Gasteiger partial charge in [-0.15, -0.1) is 0 Å². The van der Waals surface area contributed by atoms with E-state index in [1.54, 1.807) is 0 Å². The Hall–Kier alpha value is -1.85. The van der Waals surface area contributed by atoms with Crippen LogP contribution in [0.4, 0.5) is 5.69 Å². The van der Waals surface area contributed by atoms with Crippen LogP contribution in [0.5, 0.6) is 0 Å². The number of morpholine rings is 1. The van der Waals surface area contributed by atoms with Crippen LogP contribution in [-0.2, 0) is 14.3 Å². The van der Waals surface area contributed by atoms with Crippen molar-refractivity contribution in [2.45, 2.75) is 13.8 Å². The summed E-state index contributed by atoms with van der Waals surface area (Å²) in [7, 11) is 0. The van der Waals surface area contributed by atoms with Crippen LogP contribution in [0, 0.1) is 13.8 Å². The third kappa shape index (κ3) is 2.30. The van der Waals surface area contributed by atoms with E-state index < -0.39 is 5.91 Å². The molecule has 0 atom stereocenters. The number of halogens is 1. The molecule has 6 heteroatoms. The van der Waals surface area contributed by atoms with Crippen LogP contribution in [0.2, 0.25) is 0 Å². The molecule has 0 aromatic heterocycles. The number of carbonyl (C=O) groups excluding carboxylic acids is 2. The number of rotatable bonds is 2. The number of hydrogen-bond acceptors (Lipinski definition) is 4. The third-order valence-electron chi connectivity index (χ3n) is 3.99. The Bertz CT molecular complexity index is 658. The average Bonchev–Trinajstić information content (AvgIpc) is 2.72. The second kappa shape index (κ2) is 5.74. The molecule has 2 heterocycles. The maximum absolute atomic E-state index is 12.8. The molecule has 2 aliphatic rings. The Balaban J connectivity index is 2.01. The number of anilines is 1. The number of para-hydroxylation sites is 1. The second-order valence-corrected chi connectivity index (χ2v) is 5.83. The number of hydrogen-bond donors (Lipinski definition) is 0. The Morgan fingerprint density at radius 2 is 1.64 bits per heavy atom. The molecule has 1 aromatic carbocycles. The molecule has 0 bridgehead atoms. The molecule has 1 saturated heterocycles. The van der Waals surface area contributed by atoms with Crippen LogP contribution in [0.1, 0.15) is 11.1 Å². The van der Waals surface area contributed by atoms with Gasteiger partial charge in [-0.05, 0) is 25.0 Å². The zero-order valence-corrected chi connectivity index (χ0v) is 13.3. The Kier molecular flexibility index (Phi) is 3.93. The van der Waals surface area contributed by atoms with Crippen molar-refractivity contribution in [2.75, 3.05) is 31.2 Å². The topological polar surface area (TPSA) is 49.9 Å². The normalized spacial score (nSPS) is 19.4. The van der Waals surface area contributed by atoms with Crippen LogP contribution < -0.4 is 4.90 Å². The summed E-state index contributed by atoms with van der Waals surface area (Å²) in [6.07, 6.45) is 0. The van der Waals surface area contributed by atoms with E-state index in [0.717, 1.165) is 11.1 Å². The average molecular weight is 321 g/mol. The van der Waals surface area contributed by atoms with Crippen LogP contribution in [0.25, 0.3) is 0 Å². The predicted molar refractivity (Wildman–Crippen MR) is 83.7 cm³/mol. The van der Waals surface area contributed by atoms with Crippen molar-refractivity contribution in [3.8, 4) is 0 Å². The minimum Gasteiger partial charge on any atom is -0.378 e. The molecule has 3 rings (SSSR count). The first-order chi connectivity index (χ1) is 10.5. The summed E-state index contributed by atoms with van der Waals surface area (Å²) < 4.78 is 5.29. The van der Waals surface area contributed by atoms with Gasteiger partial charge in [0.2, 0.25) is 0 Å². The highest BCUT2D eigenvalue weighted by Gasteiger charge is 2.42. The molecular formula is C16H17ClN2O3. The number of amides is 2. The molecule has 0 aliphatic carbocycles. The summed E-state index contributed by atoms with van der Waals surface area (Å²) in [5, 5.41) is -0.00504. The fourth-order valence-corrected chi connectivity index (χ4v) is 3.20. The zero-order valence-electron chi connectivity index (χ0n) is 12.6. The number of ether oxygens (including phenoxy) is 1. The van der Waals surface area contributed by atoms with E-state index in [4.69, 9.17) is 16.3 Å². The SMILES string of the molecule is Cc1cccc(C)c1N1C(=O)C(Cl)=C(N2CCOCC2)C1=O. The van der Waals surface area contributed by atoms with Crippen molar-refractivity contribution < 1.29 is 14.3 Å². The summed E-state index contributed by atoms with van der Waals surface area (Å²) >= 11 is 6.19. The highest BCUT2D eigenvalue weighted by molar-refractivity contribution is 6.52. The zero-order chi connectivity index (χ0) is 15.9. The number of benzene rings is 1. The van der Waals surface area contributed by atoms with E-state index in [1.807, 2.05) is 36.9 Å². The molecule has 2 aliphatic heterocycles. The minimum atomic E-state index is -0.453. The summed E-state index contributed by atoms with van der Waals surface area (Å²) in [6, 6.07) is 5.66. The van der Waals surface area contributed by atoms with E-state index in [-0.39, 0.29) is 16.6 Å². The lowest BCUT2D eigenvalue weighted by Crippen LogP contribution is -2.40. The van der Waals surface area contributed by atoms with Crippen LogP contribution in [-0.4, -0.2) is 43.0 Å². The lowest BCUT2D eigenvalue weighted by Gasteiger charge is -2.29. The van der Waals surface area contributed by atoms with Gasteiger partial charge in [0.1, 0.15) is 10.7 Å². The maximum Gasteiger partial charge on any atom is 0.283 e. The van der Waals surface area contributed by atoms with Gasteiger partial charge in [-0.3, -0.25) is 9.59 Å². The molecule has 0 radical (unpaired) electrons. The van der Waals surface area contributed by atoms with E-state index >= 15 is 0 Å². The van der Waals surface area contributed by atoms with Gasteiger partial charge in [0.05, 0.1) is 18.9 Å². The summed E-state index contributed by atoms with van der Waals surface area (Å²) in [5.74, 6) is -0.806. The molecule has 5 nitrogen and oxygen atoms in total. The molecule has 116 valence electrons. The predicted octanol–water partition coefficient (Wildman–Crippen LogP) is 1.96. The smallest absolute Gasteiger partial charge is 0.283 e. The summed E-state index contributed by atoms with van der Waals surface area (Å²) in [6.45, 7) is 5.93. The molecular weight excluding hydrogens is 304 g/mol. The van der Waals surface area contributed by atoms with Gasteiger partial charge in [-0.1, -0.05) is 29.8 Å². The van der Waals surface area contributed by atoms with Gasteiger partial charge in [-0.25, -0.2) is 4.90 Å². The molecule has 0 unspecified atom stereocenters. The maximum atomic E-state index is 12.8. The molecule has 1 aromatic rings. The molecule has 0 spiro atoms. The summed E-state index contributed by atoms with van der Waals surface area (Å²) in [4.78, 5) is 28.4. The first-order valence-corrected chi connectivity index (χ1v) is 7.57. The monoisotopic (exact) mass is 320 g/mol. The fraction of sp³-hybridized carbons (Fsp3) is 0.375. The highest BCUT2D eigenvalue weighted by Crippen LogP contribution is 2.34. The standard InChI is InChI=1S/C16H17ClN2O3/c1-10-4-3-5-11(2)13(10)19-15(20)12(17)14(16(19)21)18-6-8-22-9-7-18/h3-5H,6-9H2,1-2H3. The second-order valence-electron chi connectivity index (χ2n) is 5.45.